The molecule has 1 aliphatic rings. The zero-order valence-electron chi connectivity index (χ0n) is 18.6. The Kier molecular flexibility index (Phi) is 7.80. The Labute approximate surface area is 203 Å². The first-order valence-electron chi connectivity index (χ1n) is 11.1. The number of amides is 1. The number of ether oxygens (including phenoxy) is 1. The Morgan fingerprint density at radius 3 is 2.58 bits per heavy atom. The minimum atomic E-state index is 0.0428. The summed E-state index contributed by atoms with van der Waals surface area (Å²) in [4.78, 5) is 14.8. The van der Waals surface area contributed by atoms with E-state index in [9.17, 15) is 4.79 Å². The summed E-state index contributed by atoms with van der Waals surface area (Å²) in [7, 11) is 1.89. The number of benzene rings is 2. The van der Waals surface area contributed by atoms with Gasteiger partial charge in [-0.15, -0.1) is 0 Å². The molecule has 1 aromatic heterocycles. The topological polar surface area (TPSA) is 64.3 Å². The summed E-state index contributed by atoms with van der Waals surface area (Å²) in [5.74, 6) is 1.52. The number of hydrogen-bond donors (Lipinski definition) is 1. The van der Waals surface area contributed by atoms with E-state index in [0.29, 0.717) is 28.8 Å². The van der Waals surface area contributed by atoms with Crippen LogP contribution in [-0.4, -0.2) is 38.2 Å². The smallest absolute Gasteiger partial charge is 0.223 e. The van der Waals surface area contributed by atoms with Gasteiger partial charge in [0.2, 0.25) is 5.91 Å². The molecular weight excluding hydrogens is 458 g/mol. The molecule has 1 amide bonds. The van der Waals surface area contributed by atoms with E-state index in [1.165, 1.54) is 0 Å². The van der Waals surface area contributed by atoms with E-state index < -0.39 is 0 Å². The van der Waals surface area contributed by atoms with Crippen molar-refractivity contribution >= 4 is 29.7 Å². The molecule has 0 bridgehead atoms. The summed E-state index contributed by atoms with van der Waals surface area (Å²) < 4.78 is 10.1. The number of para-hydroxylation sites is 1. The van der Waals surface area contributed by atoms with E-state index >= 15 is 0 Å². The molecule has 0 unspecified atom stereocenters. The predicted octanol–water partition coefficient (Wildman–Crippen LogP) is 4.17. The number of rotatable bonds is 8. The molecule has 174 valence electrons. The molecular formula is C24H28ClN5O2S. The first-order valence-corrected chi connectivity index (χ1v) is 11.8. The number of halogens is 1. The molecule has 1 N–H and O–H groups in total. The van der Waals surface area contributed by atoms with Crippen molar-refractivity contribution in [3.63, 3.8) is 0 Å². The van der Waals surface area contributed by atoms with Crippen LogP contribution >= 0.6 is 23.8 Å². The molecule has 4 rings (SSSR count). The van der Waals surface area contributed by atoms with Gasteiger partial charge in [0.15, 0.2) is 10.6 Å². The fourth-order valence-corrected chi connectivity index (χ4v) is 4.30. The van der Waals surface area contributed by atoms with Crippen molar-refractivity contribution in [2.45, 2.75) is 32.7 Å². The minimum absolute atomic E-state index is 0.0428. The van der Waals surface area contributed by atoms with Crippen LogP contribution in [0.1, 0.15) is 24.2 Å². The molecule has 0 saturated carbocycles. The molecule has 33 heavy (non-hydrogen) atoms. The molecule has 7 nitrogen and oxygen atoms in total. The van der Waals surface area contributed by atoms with Gasteiger partial charge in [-0.25, -0.2) is 4.68 Å². The summed E-state index contributed by atoms with van der Waals surface area (Å²) in [6.45, 7) is 3.10. The van der Waals surface area contributed by atoms with Gasteiger partial charge in [-0.1, -0.05) is 54.1 Å². The van der Waals surface area contributed by atoms with Crippen LogP contribution in [0.3, 0.4) is 0 Å². The highest BCUT2D eigenvalue weighted by Crippen LogP contribution is 2.24. The lowest BCUT2D eigenvalue weighted by Crippen LogP contribution is -2.41. The SMILES string of the molecule is Cn1c(COc2ccccc2Cl)nn(CN2CCC(C(=O)NCc3ccccc3)CC2)c1=S. The van der Waals surface area contributed by atoms with E-state index in [4.69, 9.17) is 28.6 Å². The molecule has 1 fully saturated rings. The Morgan fingerprint density at radius 1 is 1.15 bits per heavy atom. The Bertz CT molecular complexity index is 1140. The molecule has 3 aromatic rings. The van der Waals surface area contributed by atoms with Crippen LogP contribution in [0.25, 0.3) is 0 Å². The molecule has 0 spiro atoms. The number of nitrogens with one attached hydrogen (secondary N) is 1. The average Bonchev–Trinajstić information content (AvgIpc) is 3.11. The molecule has 9 heteroatoms. The first kappa shape index (κ1) is 23.5. The zero-order chi connectivity index (χ0) is 23.2. The number of hydrogen-bond acceptors (Lipinski definition) is 5. The van der Waals surface area contributed by atoms with Crippen LogP contribution < -0.4 is 10.1 Å². The fourth-order valence-electron chi connectivity index (χ4n) is 3.91. The van der Waals surface area contributed by atoms with E-state index in [2.05, 4.69) is 15.3 Å². The van der Waals surface area contributed by atoms with E-state index in [0.717, 1.165) is 37.3 Å². The van der Waals surface area contributed by atoms with Crippen molar-refractivity contribution in [1.29, 1.82) is 0 Å². The lowest BCUT2D eigenvalue weighted by molar-refractivity contribution is -0.126. The van der Waals surface area contributed by atoms with Crippen LogP contribution in [0.2, 0.25) is 5.02 Å². The number of carbonyl (C=O) groups excluding carboxylic acids is 1. The van der Waals surface area contributed by atoms with Crippen LogP contribution in [0, 0.1) is 10.7 Å². The van der Waals surface area contributed by atoms with Crippen LogP contribution in [0.15, 0.2) is 54.6 Å². The number of aromatic nitrogens is 3. The lowest BCUT2D eigenvalue weighted by Gasteiger charge is -2.30. The third-order valence-corrected chi connectivity index (χ3v) is 6.72. The fraction of sp³-hybridized carbons (Fsp3) is 0.375. The Balaban J connectivity index is 1.28. The van der Waals surface area contributed by atoms with Gasteiger partial charge in [0.1, 0.15) is 12.4 Å². The maximum absolute atomic E-state index is 12.6. The van der Waals surface area contributed by atoms with Gasteiger partial charge >= 0.3 is 0 Å². The maximum atomic E-state index is 12.6. The third kappa shape index (κ3) is 6.01. The monoisotopic (exact) mass is 485 g/mol. The van der Waals surface area contributed by atoms with Crippen molar-refractivity contribution in [2.24, 2.45) is 13.0 Å². The van der Waals surface area contributed by atoms with Gasteiger partial charge in [0.05, 0.1) is 11.7 Å². The Morgan fingerprint density at radius 2 is 1.85 bits per heavy atom. The second-order valence-corrected chi connectivity index (χ2v) is 8.99. The average molecular weight is 486 g/mol. The van der Waals surface area contributed by atoms with Crippen molar-refractivity contribution < 1.29 is 9.53 Å². The molecule has 0 aliphatic carbocycles. The standard InChI is InChI=1S/C24H28ClN5O2S/c1-28-22(16-32-21-10-6-5-9-20(21)25)27-30(24(28)33)17-29-13-11-19(12-14-29)23(31)26-15-18-7-3-2-4-8-18/h2-10,19H,11-17H2,1H3,(H,26,31). The second kappa shape index (κ2) is 11.0. The number of likely N-dealkylation sites (tertiary alicyclic amines) is 1. The summed E-state index contributed by atoms with van der Waals surface area (Å²) in [5, 5.41) is 8.28. The predicted molar refractivity (Wildman–Crippen MR) is 130 cm³/mol. The van der Waals surface area contributed by atoms with E-state index in [-0.39, 0.29) is 18.4 Å². The van der Waals surface area contributed by atoms with Crippen LogP contribution in [0.4, 0.5) is 0 Å². The minimum Gasteiger partial charge on any atom is -0.484 e. The van der Waals surface area contributed by atoms with Crippen molar-refractivity contribution in [2.75, 3.05) is 13.1 Å². The summed E-state index contributed by atoms with van der Waals surface area (Å²) in [5.41, 5.74) is 1.11. The molecule has 2 heterocycles. The highest BCUT2D eigenvalue weighted by atomic mass is 35.5. The van der Waals surface area contributed by atoms with Crippen molar-refractivity contribution in [3.05, 3.63) is 75.8 Å². The normalized spacial score (nSPS) is 14.8. The third-order valence-electron chi connectivity index (χ3n) is 5.93. The van der Waals surface area contributed by atoms with Gasteiger partial charge in [0, 0.05) is 32.6 Å². The summed E-state index contributed by atoms with van der Waals surface area (Å²) in [6, 6.07) is 17.3. The molecule has 0 atom stereocenters. The van der Waals surface area contributed by atoms with Gasteiger partial charge in [-0.3, -0.25) is 9.69 Å². The quantitative estimate of drug-likeness (QED) is 0.485. The van der Waals surface area contributed by atoms with Gasteiger partial charge < -0.3 is 14.6 Å². The molecule has 2 aromatic carbocycles. The molecule has 0 radical (unpaired) electrons. The number of piperidine rings is 1. The maximum Gasteiger partial charge on any atom is 0.223 e. The van der Waals surface area contributed by atoms with Crippen LogP contribution in [0.5, 0.6) is 5.75 Å². The van der Waals surface area contributed by atoms with Crippen LogP contribution in [-0.2, 0) is 31.7 Å². The van der Waals surface area contributed by atoms with Crippen molar-refractivity contribution in [1.82, 2.24) is 24.6 Å². The van der Waals surface area contributed by atoms with Gasteiger partial charge in [-0.2, -0.15) is 5.10 Å². The molecule has 1 saturated heterocycles. The summed E-state index contributed by atoms with van der Waals surface area (Å²) >= 11 is 11.7. The highest BCUT2D eigenvalue weighted by molar-refractivity contribution is 7.71. The van der Waals surface area contributed by atoms with E-state index in [1.807, 2.05) is 64.8 Å². The van der Waals surface area contributed by atoms with Gasteiger partial charge in [-0.05, 0) is 42.8 Å². The Hall–Kier alpha value is -2.68. The number of carbonyl (C=O) groups is 1. The lowest BCUT2D eigenvalue weighted by atomic mass is 9.96. The number of nitrogens with zero attached hydrogens (tertiary/aromatic N) is 4. The zero-order valence-corrected chi connectivity index (χ0v) is 20.2. The first-order chi connectivity index (χ1) is 16.0. The second-order valence-electron chi connectivity index (χ2n) is 8.21. The molecule has 1 aliphatic heterocycles. The van der Waals surface area contributed by atoms with Crippen molar-refractivity contribution in [3.8, 4) is 5.75 Å². The summed E-state index contributed by atoms with van der Waals surface area (Å²) in [6.07, 6.45) is 1.65. The largest absolute Gasteiger partial charge is 0.484 e. The van der Waals surface area contributed by atoms with Gasteiger partial charge in [0.25, 0.3) is 0 Å². The highest BCUT2D eigenvalue weighted by Gasteiger charge is 2.25. The van der Waals surface area contributed by atoms with E-state index in [1.54, 1.807) is 6.07 Å².